The van der Waals surface area contributed by atoms with E-state index in [1.165, 1.54) is 0 Å². The third kappa shape index (κ3) is 6.97. The van der Waals surface area contributed by atoms with E-state index >= 15 is 0 Å². The van der Waals surface area contributed by atoms with Crippen LogP contribution in [0.25, 0.3) is 6.08 Å². The first-order valence-corrected chi connectivity index (χ1v) is 10.4. The van der Waals surface area contributed by atoms with Gasteiger partial charge in [0.05, 0.1) is 20.3 Å². The molecular weight excluding hydrogens is 364 g/mol. The number of allylic oxidation sites excluding steroid dienone is 1. The number of ether oxygens (including phenoxy) is 3. The minimum absolute atomic E-state index is 0.0576. The van der Waals surface area contributed by atoms with E-state index in [1.54, 1.807) is 37.5 Å². The standard InChI is InChI=1S/C25H32O4/c1-5-7-15-28-23-17-21(19(3)25(18-23)29-16-8-6-2)11-14-24(26)20-9-12-22(27-4)13-10-20/h9-14,17-18H,5-8,15-16H2,1-4H3/b14-11+. The summed E-state index contributed by atoms with van der Waals surface area (Å²) in [5.41, 5.74) is 2.55. The maximum atomic E-state index is 12.5. The van der Waals surface area contributed by atoms with Crippen molar-refractivity contribution in [3.63, 3.8) is 0 Å². The lowest BCUT2D eigenvalue weighted by Crippen LogP contribution is -2.02. The van der Waals surface area contributed by atoms with Gasteiger partial charge in [-0.2, -0.15) is 0 Å². The Bertz CT molecular complexity index is 806. The van der Waals surface area contributed by atoms with Crippen LogP contribution in [0.15, 0.2) is 42.5 Å². The van der Waals surface area contributed by atoms with Gasteiger partial charge in [-0.1, -0.05) is 32.8 Å². The summed E-state index contributed by atoms with van der Waals surface area (Å²) in [4.78, 5) is 12.5. The summed E-state index contributed by atoms with van der Waals surface area (Å²) in [6.45, 7) is 7.62. The quantitative estimate of drug-likeness (QED) is 0.241. The van der Waals surface area contributed by atoms with Crippen molar-refractivity contribution in [1.82, 2.24) is 0 Å². The summed E-state index contributed by atoms with van der Waals surface area (Å²) in [5.74, 6) is 2.25. The summed E-state index contributed by atoms with van der Waals surface area (Å²) < 4.78 is 17.0. The van der Waals surface area contributed by atoms with Crippen LogP contribution in [0.3, 0.4) is 0 Å². The highest BCUT2D eigenvalue weighted by Crippen LogP contribution is 2.30. The van der Waals surface area contributed by atoms with Crippen LogP contribution in [-0.4, -0.2) is 26.1 Å². The van der Waals surface area contributed by atoms with E-state index in [4.69, 9.17) is 14.2 Å². The smallest absolute Gasteiger partial charge is 0.185 e. The number of benzene rings is 2. The number of rotatable bonds is 12. The zero-order valence-corrected chi connectivity index (χ0v) is 18.0. The predicted octanol–water partition coefficient (Wildman–Crippen LogP) is 6.26. The highest BCUT2D eigenvalue weighted by Gasteiger charge is 2.09. The molecule has 0 aliphatic carbocycles. The first-order chi connectivity index (χ1) is 14.1. The van der Waals surface area contributed by atoms with Crippen molar-refractivity contribution in [2.24, 2.45) is 0 Å². The molecule has 0 unspecified atom stereocenters. The molecule has 2 aromatic rings. The van der Waals surface area contributed by atoms with Gasteiger partial charge in [-0.25, -0.2) is 0 Å². The topological polar surface area (TPSA) is 44.8 Å². The summed E-state index contributed by atoms with van der Waals surface area (Å²) >= 11 is 0. The lowest BCUT2D eigenvalue weighted by Gasteiger charge is -2.14. The van der Waals surface area contributed by atoms with Gasteiger partial charge >= 0.3 is 0 Å². The molecule has 0 bridgehead atoms. The van der Waals surface area contributed by atoms with Crippen molar-refractivity contribution in [2.75, 3.05) is 20.3 Å². The second-order valence-electron chi connectivity index (χ2n) is 6.97. The molecule has 0 aromatic heterocycles. The Morgan fingerprint density at radius 3 is 2.21 bits per heavy atom. The largest absolute Gasteiger partial charge is 0.497 e. The Hall–Kier alpha value is -2.75. The molecular formula is C25H32O4. The van der Waals surface area contributed by atoms with Gasteiger partial charge in [-0.15, -0.1) is 0 Å². The highest BCUT2D eigenvalue weighted by molar-refractivity contribution is 6.07. The van der Waals surface area contributed by atoms with Crippen LogP contribution in [0.5, 0.6) is 17.2 Å². The van der Waals surface area contributed by atoms with E-state index in [-0.39, 0.29) is 5.78 Å². The molecule has 4 heteroatoms. The predicted molar refractivity (Wildman–Crippen MR) is 118 cm³/mol. The van der Waals surface area contributed by atoms with Gasteiger partial charge < -0.3 is 14.2 Å². The van der Waals surface area contributed by atoms with E-state index in [2.05, 4.69) is 13.8 Å². The number of hydrogen-bond acceptors (Lipinski definition) is 4. The molecule has 0 fully saturated rings. The van der Waals surface area contributed by atoms with Crippen molar-refractivity contribution >= 4 is 11.9 Å². The van der Waals surface area contributed by atoms with Gasteiger partial charge in [0.25, 0.3) is 0 Å². The summed E-state index contributed by atoms with van der Waals surface area (Å²) in [6, 6.07) is 11.0. The fourth-order valence-corrected chi connectivity index (χ4v) is 2.77. The molecule has 0 heterocycles. The number of ketones is 1. The number of methoxy groups -OCH3 is 1. The van der Waals surface area contributed by atoms with Gasteiger partial charge in [0.1, 0.15) is 17.2 Å². The lowest BCUT2D eigenvalue weighted by atomic mass is 10.0. The van der Waals surface area contributed by atoms with E-state index in [1.807, 2.05) is 25.1 Å². The number of unbranched alkanes of at least 4 members (excludes halogenated alkanes) is 2. The second-order valence-corrected chi connectivity index (χ2v) is 6.97. The normalized spacial score (nSPS) is 10.9. The van der Waals surface area contributed by atoms with E-state index < -0.39 is 0 Å². The highest BCUT2D eigenvalue weighted by atomic mass is 16.5. The van der Waals surface area contributed by atoms with Gasteiger partial charge in [-0.3, -0.25) is 4.79 Å². The molecule has 4 nitrogen and oxygen atoms in total. The minimum Gasteiger partial charge on any atom is -0.497 e. The molecule has 29 heavy (non-hydrogen) atoms. The van der Waals surface area contributed by atoms with Crippen LogP contribution < -0.4 is 14.2 Å². The third-order valence-corrected chi connectivity index (χ3v) is 4.68. The monoisotopic (exact) mass is 396 g/mol. The second kappa shape index (κ2) is 11.9. The van der Waals surface area contributed by atoms with Crippen LogP contribution in [0.2, 0.25) is 0 Å². The molecule has 0 saturated carbocycles. The Balaban J connectivity index is 2.22. The summed E-state index contributed by atoms with van der Waals surface area (Å²) in [6.07, 6.45) is 7.59. The molecule has 0 aliphatic heterocycles. The van der Waals surface area contributed by atoms with Crippen molar-refractivity contribution in [1.29, 1.82) is 0 Å². The molecule has 0 N–H and O–H groups in total. The molecule has 156 valence electrons. The fourth-order valence-electron chi connectivity index (χ4n) is 2.77. The van der Waals surface area contributed by atoms with Crippen LogP contribution in [0.1, 0.15) is 61.0 Å². The molecule has 0 atom stereocenters. The van der Waals surface area contributed by atoms with Crippen molar-refractivity contribution in [3.8, 4) is 17.2 Å². The van der Waals surface area contributed by atoms with Gasteiger partial charge in [-0.05, 0) is 67.3 Å². The van der Waals surface area contributed by atoms with Crippen LogP contribution in [0.4, 0.5) is 0 Å². The molecule has 2 rings (SSSR count). The number of hydrogen-bond donors (Lipinski definition) is 0. The SMILES string of the molecule is CCCCOc1cc(/C=C/C(=O)c2ccc(OC)cc2)c(C)c(OCCCC)c1. The first-order valence-electron chi connectivity index (χ1n) is 10.4. The minimum atomic E-state index is -0.0576. The molecule has 0 aliphatic rings. The summed E-state index contributed by atoms with van der Waals surface area (Å²) in [5, 5.41) is 0. The van der Waals surface area contributed by atoms with Gasteiger partial charge in [0.15, 0.2) is 5.78 Å². The molecule has 0 radical (unpaired) electrons. The molecule has 0 spiro atoms. The zero-order chi connectivity index (χ0) is 21.1. The van der Waals surface area contributed by atoms with Crippen molar-refractivity contribution < 1.29 is 19.0 Å². The van der Waals surface area contributed by atoms with Crippen molar-refractivity contribution in [3.05, 3.63) is 59.2 Å². The lowest BCUT2D eigenvalue weighted by molar-refractivity contribution is 0.104. The summed E-state index contributed by atoms with van der Waals surface area (Å²) in [7, 11) is 1.61. The Labute approximate surface area is 174 Å². The first kappa shape index (κ1) is 22.5. The third-order valence-electron chi connectivity index (χ3n) is 4.68. The maximum Gasteiger partial charge on any atom is 0.185 e. The molecule has 0 saturated heterocycles. The van der Waals surface area contributed by atoms with E-state index in [0.29, 0.717) is 18.8 Å². The van der Waals surface area contributed by atoms with Crippen LogP contribution in [0, 0.1) is 6.92 Å². The zero-order valence-electron chi connectivity index (χ0n) is 18.0. The number of carbonyl (C=O) groups excluding carboxylic acids is 1. The van der Waals surface area contributed by atoms with Crippen molar-refractivity contribution in [2.45, 2.75) is 46.5 Å². The fraction of sp³-hybridized carbons (Fsp3) is 0.400. The van der Waals surface area contributed by atoms with E-state index in [9.17, 15) is 4.79 Å². The average molecular weight is 397 g/mol. The van der Waals surface area contributed by atoms with Crippen LogP contribution in [-0.2, 0) is 0 Å². The average Bonchev–Trinajstić information content (AvgIpc) is 2.74. The maximum absolute atomic E-state index is 12.5. The Morgan fingerprint density at radius 2 is 1.59 bits per heavy atom. The van der Waals surface area contributed by atoms with Gasteiger partial charge in [0.2, 0.25) is 0 Å². The Morgan fingerprint density at radius 1 is 0.931 bits per heavy atom. The van der Waals surface area contributed by atoms with Crippen LogP contribution >= 0.6 is 0 Å². The Kier molecular flexibility index (Phi) is 9.29. The molecule has 0 amide bonds. The van der Waals surface area contributed by atoms with Gasteiger partial charge in [0, 0.05) is 11.6 Å². The molecule has 2 aromatic carbocycles. The van der Waals surface area contributed by atoms with E-state index in [0.717, 1.165) is 54.1 Å². The number of carbonyl (C=O) groups is 1.